The maximum atomic E-state index is 10.8. The lowest BCUT2D eigenvalue weighted by Crippen LogP contribution is -2.35. The fraction of sp³-hybridized carbons (Fsp3) is 0.964. The van der Waals surface area contributed by atoms with Crippen molar-refractivity contribution >= 4 is 26.2 Å². The Bertz CT molecular complexity index is 560. The molecule has 212 valence electrons. The van der Waals surface area contributed by atoms with Crippen molar-refractivity contribution in [3.05, 3.63) is 0 Å². The Morgan fingerprint density at radius 2 is 1.64 bits per heavy atom. The molecule has 6 nitrogen and oxygen atoms in total. The third-order valence-corrected chi connectivity index (χ3v) is 9.09. The van der Waals surface area contributed by atoms with E-state index in [1.165, 1.54) is 101 Å². The van der Waals surface area contributed by atoms with Crippen LogP contribution in [0.1, 0.15) is 123 Å². The van der Waals surface area contributed by atoms with Crippen LogP contribution in [0.25, 0.3) is 0 Å². The Balaban J connectivity index is 1.92. The SMILES string of the molecule is CCCCC(CCSCCCCCCCCC(C)OCCCOC(O)(P=O)C(=O)O)C1CCCCC1. The first-order valence-corrected chi connectivity index (χ1v) is 16.5. The van der Waals surface area contributed by atoms with E-state index in [2.05, 4.69) is 18.7 Å². The van der Waals surface area contributed by atoms with Crippen LogP contribution in [0.3, 0.4) is 0 Å². The van der Waals surface area contributed by atoms with Crippen LogP contribution in [0.15, 0.2) is 0 Å². The van der Waals surface area contributed by atoms with Gasteiger partial charge in [0.15, 0.2) is 0 Å². The summed E-state index contributed by atoms with van der Waals surface area (Å²) in [4.78, 5) is 10.8. The molecule has 0 saturated heterocycles. The summed E-state index contributed by atoms with van der Waals surface area (Å²) in [6.45, 7) is 4.77. The lowest BCUT2D eigenvalue weighted by atomic mass is 9.77. The van der Waals surface area contributed by atoms with Crippen molar-refractivity contribution in [3.63, 3.8) is 0 Å². The number of unbranched alkanes of at least 4 members (excludes halogenated alkanes) is 6. The summed E-state index contributed by atoms with van der Waals surface area (Å²) in [5, 5.41) is 18.2. The van der Waals surface area contributed by atoms with Crippen molar-refractivity contribution in [3.8, 4) is 0 Å². The molecule has 8 heteroatoms. The minimum atomic E-state index is -2.66. The maximum Gasteiger partial charge on any atom is 0.377 e. The van der Waals surface area contributed by atoms with Gasteiger partial charge >= 0.3 is 11.5 Å². The molecular weight excluding hydrogens is 495 g/mol. The van der Waals surface area contributed by atoms with Crippen LogP contribution in [-0.2, 0) is 18.8 Å². The average molecular weight is 549 g/mol. The molecule has 1 aliphatic carbocycles. The molecule has 0 amide bonds. The van der Waals surface area contributed by atoms with Gasteiger partial charge in [-0.1, -0.05) is 90.4 Å². The van der Waals surface area contributed by atoms with Crippen molar-refractivity contribution in [2.75, 3.05) is 24.7 Å². The number of aliphatic hydroxyl groups is 1. The van der Waals surface area contributed by atoms with Gasteiger partial charge < -0.3 is 19.7 Å². The zero-order chi connectivity index (χ0) is 26.5. The summed E-state index contributed by atoms with van der Waals surface area (Å²) in [6, 6.07) is 0. The minimum absolute atomic E-state index is 0.0248. The second-order valence-corrected chi connectivity index (χ2v) is 12.5. The topological polar surface area (TPSA) is 93.1 Å². The van der Waals surface area contributed by atoms with Crippen molar-refractivity contribution in [2.45, 2.75) is 135 Å². The Hall–Kier alpha value is -0.200. The van der Waals surface area contributed by atoms with Crippen molar-refractivity contribution < 1.29 is 29.0 Å². The Morgan fingerprint density at radius 1 is 0.944 bits per heavy atom. The van der Waals surface area contributed by atoms with Crippen LogP contribution in [-0.4, -0.2) is 52.5 Å². The molecule has 36 heavy (non-hydrogen) atoms. The number of ether oxygens (including phenoxy) is 2. The molecule has 0 radical (unpaired) electrons. The van der Waals surface area contributed by atoms with E-state index in [-0.39, 0.29) is 12.7 Å². The smallest absolute Gasteiger partial charge is 0.377 e. The first-order chi connectivity index (χ1) is 17.4. The maximum absolute atomic E-state index is 10.8. The van der Waals surface area contributed by atoms with Gasteiger partial charge in [-0.25, -0.2) is 4.79 Å². The van der Waals surface area contributed by atoms with Gasteiger partial charge in [0, 0.05) is 6.61 Å². The largest absolute Gasteiger partial charge is 0.477 e. The van der Waals surface area contributed by atoms with Crippen LogP contribution >= 0.6 is 20.2 Å². The van der Waals surface area contributed by atoms with Gasteiger partial charge in [0.25, 0.3) is 0 Å². The summed E-state index contributed by atoms with van der Waals surface area (Å²) >= 11 is 2.18. The van der Waals surface area contributed by atoms with Gasteiger partial charge in [0.2, 0.25) is 8.46 Å². The predicted molar refractivity (Wildman–Crippen MR) is 150 cm³/mol. The van der Waals surface area contributed by atoms with Gasteiger partial charge in [-0.3, -0.25) is 4.57 Å². The molecule has 0 aromatic rings. The molecule has 0 aromatic carbocycles. The van der Waals surface area contributed by atoms with Crippen LogP contribution < -0.4 is 0 Å². The number of rotatable bonds is 24. The zero-order valence-corrected chi connectivity index (χ0v) is 24.7. The third kappa shape index (κ3) is 15.9. The molecule has 0 heterocycles. The molecule has 1 saturated carbocycles. The highest BCUT2D eigenvalue weighted by Gasteiger charge is 2.38. The van der Waals surface area contributed by atoms with Crippen LogP contribution in [0.2, 0.25) is 0 Å². The highest BCUT2D eigenvalue weighted by molar-refractivity contribution is 7.99. The second-order valence-electron chi connectivity index (χ2n) is 10.5. The van der Waals surface area contributed by atoms with Gasteiger partial charge in [-0.2, -0.15) is 11.8 Å². The monoisotopic (exact) mass is 548 g/mol. The second kappa shape index (κ2) is 21.7. The highest BCUT2D eigenvalue weighted by Crippen LogP contribution is 2.35. The Labute approximate surface area is 226 Å². The van der Waals surface area contributed by atoms with Gasteiger partial charge in [-0.15, -0.1) is 0 Å². The molecular formula is C28H53O6PS. The summed E-state index contributed by atoms with van der Waals surface area (Å²) in [5.74, 6) is 3.01. The summed E-state index contributed by atoms with van der Waals surface area (Å²) in [6.07, 6.45) is 22.3. The van der Waals surface area contributed by atoms with Gasteiger partial charge in [0.1, 0.15) is 0 Å². The number of carboxylic acids is 1. The fourth-order valence-electron chi connectivity index (χ4n) is 5.14. The van der Waals surface area contributed by atoms with E-state index in [0.717, 1.165) is 24.7 Å². The molecule has 3 atom stereocenters. The fourth-order valence-corrected chi connectivity index (χ4v) is 6.44. The van der Waals surface area contributed by atoms with Crippen molar-refractivity contribution in [1.82, 2.24) is 0 Å². The van der Waals surface area contributed by atoms with Gasteiger partial charge in [0.05, 0.1) is 12.7 Å². The van der Waals surface area contributed by atoms with E-state index >= 15 is 0 Å². The van der Waals surface area contributed by atoms with Crippen molar-refractivity contribution in [2.24, 2.45) is 11.8 Å². The highest BCUT2D eigenvalue weighted by atomic mass is 32.2. The molecule has 1 fully saturated rings. The molecule has 0 aromatic heterocycles. The molecule has 2 N–H and O–H groups in total. The number of thioether (sulfide) groups is 1. The number of carbonyl (C=O) groups is 1. The molecule has 3 unspecified atom stereocenters. The van der Waals surface area contributed by atoms with E-state index in [9.17, 15) is 14.5 Å². The minimum Gasteiger partial charge on any atom is -0.477 e. The average Bonchev–Trinajstić information content (AvgIpc) is 2.88. The zero-order valence-electron chi connectivity index (χ0n) is 23.0. The van der Waals surface area contributed by atoms with E-state index < -0.39 is 20.0 Å². The number of carboxylic acid groups (broad SMARTS) is 1. The van der Waals surface area contributed by atoms with E-state index in [1.54, 1.807) is 0 Å². The summed E-state index contributed by atoms with van der Waals surface area (Å²) in [5.41, 5.74) is -2.66. The lowest BCUT2D eigenvalue weighted by molar-refractivity contribution is -0.190. The first kappa shape index (κ1) is 33.8. The Morgan fingerprint density at radius 3 is 2.31 bits per heavy atom. The normalized spacial score (nSPS) is 18.2. The molecule has 0 spiro atoms. The van der Waals surface area contributed by atoms with E-state index in [1.807, 2.05) is 6.92 Å². The standard InChI is InChI=1S/C28H53O6PS/c1-3-4-16-26(25-17-11-9-12-18-25)19-23-36-22-13-8-6-5-7-10-15-24(2)33-20-14-21-34-28(31,35-32)27(29)30/h24-26,31H,3-23H2,1-2H3,(H,29,30). The quantitative estimate of drug-likeness (QED) is 0.0716. The first-order valence-electron chi connectivity index (χ1n) is 14.6. The third-order valence-electron chi connectivity index (χ3n) is 7.42. The summed E-state index contributed by atoms with van der Waals surface area (Å²) < 4.78 is 21.2. The molecule has 0 aliphatic heterocycles. The number of hydrogen-bond acceptors (Lipinski definition) is 6. The molecule has 1 aliphatic rings. The summed E-state index contributed by atoms with van der Waals surface area (Å²) in [7, 11) is -0.977. The lowest BCUT2D eigenvalue weighted by Gasteiger charge is -2.30. The van der Waals surface area contributed by atoms with E-state index in [0.29, 0.717) is 13.0 Å². The van der Waals surface area contributed by atoms with E-state index in [4.69, 9.17) is 14.6 Å². The van der Waals surface area contributed by atoms with Gasteiger partial charge in [-0.05, 0) is 55.9 Å². The van der Waals surface area contributed by atoms with Crippen molar-refractivity contribution in [1.29, 1.82) is 0 Å². The number of aliphatic carboxylic acids is 1. The molecule has 1 rings (SSSR count). The number of hydrogen-bond donors (Lipinski definition) is 2. The molecule has 0 bridgehead atoms. The van der Waals surface area contributed by atoms with Crippen LogP contribution in [0, 0.1) is 11.8 Å². The van der Waals surface area contributed by atoms with Crippen LogP contribution in [0.5, 0.6) is 0 Å². The van der Waals surface area contributed by atoms with Crippen LogP contribution in [0.4, 0.5) is 0 Å². The Kier molecular flexibility index (Phi) is 20.4. The predicted octanol–water partition coefficient (Wildman–Crippen LogP) is 8.06.